The van der Waals surface area contributed by atoms with Crippen LogP contribution < -0.4 is 11.1 Å². The van der Waals surface area contributed by atoms with Crippen LogP contribution in [0, 0.1) is 12.8 Å². The molecule has 3 N–H and O–H groups in total. The van der Waals surface area contributed by atoms with Gasteiger partial charge in [0.05, 0.1) is 0 Å². The van der Waals surface area contributed by atoms with Crippen molar-refractivity contribution in [3.8, 4) is 0 Å². The van der Waals surface area contributed by atoms with E-state index in [1.54, 1.807) is 0 Å². The summed E-state index contributed by atoms with van der Waals surface area (Å²) in [6.45, 7) is 14.0. The van der Waals surface area contributed by atoms with Gasteiger partial charge < -0.3 is 11.1 Å². The van der Waals surface area contributed by atoms with Crippen molar-refractivity contribution in [3.05, 3.63) is 34.9 Å². The van der Waals surface area contributed by atoms with E-state index < -0.39 is 0 Å². The standard InChI is InChI=1S/C17H30N2/c1-13(11-18)12-19-9-8-15-10-16(17(3,4)5)7-6-14(15)2/h6-7,10,13,19H,8-9,11-12,18H2,1-5H3. The van der Waals surface area contributed by atoms with Crippen LogP contribution in [-0.2, 0) is 11.8 Å². The van der Waals surface area contributed by atoms with Crippen LogP contribution >= 0.6 is 0 Å². The summed E-state index contributed by atoms with van der Waals surface area (Å²) in [4.78, 5) is 0. The Hall–Kier alpha value is -0.860. The molecule has 0 fully saturated rings. The molecule has 0 heterocycles. The van der Waals surface area contributed by atoms with Crippen LogP contribution in [0.25, 0.3) is 0 Å². The van der Waals surface area contributed by atoms with Crippen LogP contribution in [0.1, 0.15) is 44.4 Å². The first-order chi connectivity index (χ1) is 8.84. The predicted octanol–water partition coefficient (Wildman–Crippen LogP) is 3.02. The van der Waals surface area contributed by atoms with E-state index >= 15 is 0 Å². The summed E-state index contributed by atoms with van der Waals surface area (Å²) in [6, 6.07) is 6.87. The first-order valence-electron chi connectivity index (χ1n) is 7.35. The van der Waals surface area contributed by atoms with Gasteiger partial charge in [0.15, 0.2) is 0 Å². The molecule has 2 nitrogen and oxygen atoms in total. The summed E-state index contributed by atoms with van der Waals surface area (Å²) in [5.41, 5.74) is 10.1. The Labute approximate surface area is 118 Å². The van der Waals surface area contributed by atoms with Gasteiger partial charge in [-0.15, -0.1) is 0 Å². The number of hydrogen-bond donors (Lipinski definition) is 2. The second-order valence-corrected chi connectivity index (χ2v) is 6.69. The van der Waals surface area contributed by atoms with Gasteiger partial charge in [0, 0.05) is 0 Å². The number of aryl methyl sites for hydroxylation is 1. The topological polar surface area (TPSA) is 38.0 Å². The van der Waals surface area contributed by atoms with E-state index in [4.69, 9.17) is 5.73 Å². The Bertz CT molecular complexity index is 391. The van der Waals surface area contributed by atoms with Crippen molar-refractivity contribution in [2.24, 2.45) is 11.7 Å². The molecule has 108 valence electrons. The molecule has 1 unspecified atom stereocenters. The Kier molecular flexibility index (Phi) is 6.02. The lowest BCUT2D eigenvalue weighted by molar-refractivity contribution is 0.524. The minimum absolute atomic E-state index is 0.226. The van der Waals surface area contributed by atoms with Crippen LogP contribution in [0.15, 0.2) is 18.2 Å². The third-order valence-electron chi connectivity index (χ3n) is 3.68. The van der Waals surface area contributed by atoms with E-state index in [0.29, 0.717) is 5.92 Å². The maximum Gasteiger partial charge on any atom is -0.000813 e. The normalized spacial score (nSPS) is 13.6. The molecule has 1 aromatic rings. The zero-order valence-electron chi connectivity index (χ0n) is 13.2. The molecule has 0 bridgehead atoms. The van der Waals surface area contributed by atoms with Crippen molar-refractivity contribution >= 4 is 0 Å². The summed E-state index contributed by atoms with van der Waals surface area (Å²) < 4.78 is 0. The maximum absolute atomic E-state index is 5.62. The quantitative estimate of drug-likeness (QED) is 0.773. The number of benzene rings is 1. The Morgan fingerprint density at radius 3 is 2.53 bits per heavy atom. The summed E-state index contributed by atoms with van der Waals surface area (Å²) in [5.74, 6) is 0.557. The minimum atomic E-state index is 0.226. The molecule has 0 aliphatic heterocycles. The van der Waals surface area contributed by atoms with Crippen LogP contribution in [0.4, 0.5) is 0 Å². The average molecular weight is 262 g/mol. The summed E-state index contributed by atoms with van der Waals surface area (Å²) in [6.07, 6.45) is 1.09. The molecule has 0 saturated carbocycles. The second kappa shape index (κ2) is 7.06. The van der Waals surface area contributed by atoms with E-state index in [-0.39, 0.29) is 5.41 Å². The largest absolute Gasteiger partial charge is 0.330 e. The molecular weight excluding hydrogens is 232 g/mol. The molecular formula is C17H30N2. The van der Waals surface area contributed by atoms with E-state index in [2.05, 4.69) is 58.1 Å². The minimum Gasteiger partial charge on any atom is -0.330 e. The average Bonchev–Trinajstić information content (AvgIpc) is 2.34. The van der Waals surface area contributed by atoms with Crippen LogP contribution in [0.5, 0.6) is 0 Å². The van der Waals surface area contributed by atoms with Crippen molar-refractivity contribution in [2.45, 2.75) is 46.5 Å². The molecule has 1 rings (SSSR count). The highest BCUT2D eigenvalue weighted by Crippen LogP contribution is 2.24. The Morgan fingerprint density at radius 2 is 1.95 bits per heavy atom. The van der Waals surface area contributed by atoms with E-state index in [9.17, 15) is 0 Å². The van der Waals surface area contributed by atoms with Crippen molar-refractivity contribution in [1.29, 1.82) is 0 Å². The zero-order chi connectivity index (χ0) is 14.5. The van der Waals surface area contributed by atoms with Gasteiger partial charge in [-0.3, -0.25) is 0 Å². The number of hydrogen-bond acceptors (Lipinski definition) is 2. The summed E-state index contributed by atoms with van der Waals surface area (Å²) in [7, 11) is 0. The molecule has 0 amide bonds. The van der Waals surface area contributed by atoms with Gasteiger partial charge in [0.2, 0.25) is 0 Å². The third kappa shape index (κ3) is 5.33. The first kappa shape index (κ1) is 16.2. The smallest absolute Gasteiger partial charge is 0.000813 e. The molecule has 2 heteroatoms. The van der Waals surface area contributed by atoms with Crippen molar-refractivity contribution in [2.75, 3.05) is 19.6 Å². The number of rotatable bonds is 6. The van der Waals surface area contributed by atoms with Gasteiger partial charge in [-0.1, -0.05) is 45.9 Å². The fourth-order valence-corrected chi connectivity index (χ4v) is 2.06. The molecule has 0 saturated heterocycles. The molecule has 0 radical (unpaired) electrons. The first-order valence-corrected chi connectivity index (χ1v) is 7.35. The molecule has 19 heavy (non-hydrogen) atoms. The van der Waals surface area contributed by atoms with Crippen molar-refractivity contribution in [3.63, 3.8) is 0 Å². The lowest BCUT2D eigenvalue weighted by Gasteiger charge is -2.21. The van der Waals surface area contributed by atoms with Crippen molar-refractivity contribution in [1.82, 2.24) is 5.32 Å². The lowest BCUT2D eigenvalue weighted by atomic mass is 9.85. The fraction of sp³-hybridized carbons (Fsp3) is 0.647. The van der Waals surface area contributed by atoms with Crippen LogP contribution in [-0.4, -0.2) is 19.6 Å². The molecule has 0 spiro atoms. The number of nitrogens with one attached hydrogen (secondary N) is 1. The third-order valence-corrected chi connectivity index (χ3v) is 3.68. The lowest BCUT2D eigenvalue weighted by Crippen LogP contribution is -2.27. The second-order valence-electron chi connectivity index (χ2n) is 6.69. The number of nitrogens with two attached hydrogens (primary N) is 1. The van der Waals surface area contributed by atoms with Crippen molar-refractivity contribution < 1.29 is 0 Å². The maximum atomic E-state index is 5.62. The SMILES string of the molecule is Cc1ccc(C(C)(C)C)cc1CCNCC(C)CN. The molecule has 0 aromatic heterocycles. The fourth-order valence-electron chi connectivity index (χ4n) is 2.06. The molecule has 1 aromatic carbocycles. The monoisotopic (exact) mass is 262 g/mol. The van der Waals surface area contributed by atoms with Gasteiger partial charge in [-0.25, -0.2) is 0 Å². The van der Waals surface area contributed by atoms with E-state index in [0.717, 1.165) is 26.1 Å². The molecule has 1 atom stereocenters. The summed E-state index contributed by atoms with van der Waals surface area (Å²) >= 11 is 0. The highest BCUT2D eigenvalue weighted by Gasteiger charge is 2.14. The van der Waals surface area contributed by atoms with Crippen LogP contribution in [0.3, 0.4) is 0 Å². The van der Waals surface area contributed by atoms with Gasteiger partial charge in [0.25, 0.3) is 0 Å². The van der Waals surface area contributed by atoms with Gasteiger partial charge >= 0.3 is 0 Å². The molecule has 0 aliphatic rings. The Balaban J connectivity index is 2.58. The summed E-state index contributed by atoms with van der Waals surface area (Å²) in [5, 5.41) is 3.49. The highest BCUT2D eigenvalue weighted by atomic mass is 14.9. The predicted molar refractivity (Wildman–Crippen MR) is 84.7 cm³/mol. The van der Waals surface area contributed by atoms with E-state index in [1.807, 2.05) is 0 Å². The highest BCUT2D eigenvalue weighted by molar-refractivity contribution is 5.34. The van der Waals surface area contributed by atoms with Crippen LogP contribution in [0.2, 0.25) is 0 Å². The molecule has 0 aliphatic carbocycles. The van der Waals surface area contributed by atoms with E-state index in [1.165, 1.54) is 16.7 Å². The van der Waals surface area contributed by atoms with Gasteiger partial charge in [-0.2, -0.15) is 0 Å². The van der Waals surface area contributed by atoms with Gasteiger partial charge in [0.1, 0.15) is 0 Å². The Morgan fingerprint density at radius 1 is 1.26 bits per heavy atom. The van der Waals surface area contributed by atoms with Gasteiger partial charge in [-0.05, 0) is 61.0 Å². The zero-order valence-corrected chi connectivity index (χ0v) is 13.2.